The number of hydrogen-bond acceptors (Lipinski definition) is 6. The molecule has 1 aromatic heterocycles. The maximum Gasteiger partial charge on any atom is 0.252 e. The number of aryl methyl sites for hydroxylation is 1. The summed E-state index contributed by atoms with van der Waals surface area (Å²) in [6.45, 7) is 3.26. The van der Waals surface area contributed by atoms with Crippen LogP contribution in [-0.4, -0.2) is 17.3 Å². The molecule has 0 bridgehead atoms. The van der Waals surface area contributed by atoms with Crippen molar-refractivity contribution in [2.75, 3.05) is 7.11 Å². The van der Waals surface area contributed by atoms with E-state index < -0.39 is 0 Å². The number of benzene rings is 3. The second kappa shape index (κ2) is 9.91. The summed E-state index contributed by atoms with van der Waals surface area (Å²) < 4.78 is 22.5. The third-order valence-corrected chi connectivity index (χ3v) is 4.87. The fourth-order valence-corrected chi connectivity index (χ4v) is 3.11. The lowest BCUT2D eigenvalue weighted by atomic mass is 10.1. The summed E-state index contributed by atoms with van der Waals surface area (Å²) >= 11 is 0. The first kappa shape index (κ1) is 20.6. The van der Waals surface area contributed by atoms with Gasteiger partial charge in [-0.1, -0.05) is 59.8 Å². The topological polar surface area (TPSA) is 66.6 Å². The van der Waals surface area contributed by atoms with Gasteiger partial charge < -0.3 is 18.7 Å². The SMILES string of the molecule is COc1cc(-c2noc(COCc3ccccc3)n2)ccc1OCc1ccccc1C. The maximum atomic E-state index is 5.98. The van der Waals surface area contributed by atoms with Crippen molar-refractivity contribution >= 4 is 0 Å². The van der Waals surface area contributed by atoms with Gasteiger partial charge >= 0.3 is 0 Å². The maximum absolute atomic E-state index is 5.98. The largest absolute Gasteiger partial charge is 0.493 e. The Hall–Kier alpha value is -3.64. The van der Waals surface area contributed by atoms with E-state index in [1.54, 1.807) is 7.11 Å². The van der Waals surface area contributed by atoms with E-state index in [0.717, 1.165) is 16.7 Å². The summed E-state index contributed by atoms with van der Waals surface area (Å²) in [6, 6.07) is 23.7. The molecule has 3 aromatic carbocycles. The second-order valence-corrected chi connectivity index (χ2v) is 7.07. The van der Waals surface area contributed by atoms with Gasteiger partial charge in [0.2, 0.25) is 5.82 Å². The molecule has 6 nitrogen and oxygen atoms in total. The highest BCUT2D eigenvalue weighted by Crippen LogP contribution is 2.32. The van der Waals surface area contributed by atoms with Crippen LogP contribution in [0.4, 0.5) is 0 Å². The van der Waals surface area contributed by atoms with Crippen molar-refractivity contribution in [3.8, 4) is 22.9 Å². The Balaban J connectivity index is 1.40. The highest BCUT2D eigenvalue weighted by atomic mass is 16.5. The van der Waals surface area contributed by atoms with Gasteiger partial charge in [0.1, 0.15) is 13.2 Å². The van der Waals surface area contributed by atoms with Crippen molar-refractivity contribution in [1.82, 2.24) is 10.1 Å². The molecule has 1 heterocycles. The Kier molecular flexibility index (Phi) is 6.59. The number of aromatic nitrogens is 2. The summed E-state index contributed by atoms with van der Waals surface area (Å²) in [5.74, 6) is 2.16. The van der Waals surface area contributed by atoms with Crippen LogP contribution < -0.4 is 9.47 Å². The second-order valence-electron chi connectivity index (χ2n) is 7.07. The van der Waals surface area contributed by atoms with Gasteiger partial charge in [-0.3, -0.25) is 0 Å². The Morgan fingerprint density at radius 2 is 1.65 bits per heavy atom. The van der Waals surface area contributed by atoms with Crippen LogP contribution >= 0.6 is 0 Å². The van der Waals surface area contributed by atoms with E-state index in [2.05, 4.69) is 29.2 Å². The molecule has 0 fully saturated rings. The van der Waals surface area contributed by atoms with Crippen molar-refractivity contribution in [3.63, 3.8) is 0 Å². The summed E-state index contributed by atoms with van der Waals surface area (Å²) in [6.07, 6.45) is 0. The zero-order valence-corrected chi connectivity index (χ0v) is 17.6. The quantitative estimate of drug-likeness (QED) is 0.366. The van der Waals surface area contributed by atoms with E-state index in [4.69, 9.17) is 18.7 Å². The first-order valence-corrected chi connectivity index (χ1v) is 10.0. The lowest BCUT2D eigenvalue weighted by Crippen LogP contribution is -1.99. The van der Waals surface area contributed by atoms with Crippen LogP contribution in [0, 0.1) is 6.92 Å². The highest BCUT2D eigenvalue weighted by molar-refractivity contribution is 5.60. The number of methoxy groups -OCH3 is 1. The van der Waals surface area contributed by atoms with Gasteiger partial charge in [-0.2, -0.15) is 4.98 Å². The van der Waals surface area contributed by atoms with Crippen molar-refractivity contribution < 1.29 is 18.7 Å². The molecule has 0 aliphatic carbocycles. The van der Waals surface area contributed by atoms with Gasteiger partial charge in [0, 0.05) is 5.56 Å². The molecule has 0 radical (unpaired) electrons. The molecule has 0 saturated heterocycles. The summed E-state index contributed by atoms with van der Waals surface area (Å²) in [4.78, 5) is 4.42. The molecular formula is C25H24N2O4. The first-order chi connectivity index (χ1) is 15.2. The molecule has 158 valence electrons. The predicted molar refractivity (Wildman–Crippen MR) is 117 cm³/mol. The molecule has 0 N–H and O–H groups in total. The lowest BCUT2D eigenvalue weighted by molar-refractivity contribution is 0.0850. The van der Waals surface area contributed by atoms with Crippen molar-refractivity contribution in [2.24, 2.45) is 0 Å². The van der Waals surface area contributed by atoms with Gasteiger partial charge in [-0.05, 0) is 41.8 Å². The Bertz CT molecular complexity index is 1130. The zero-order chi connectivity index (χ0) is 21.5. The minimum Gasteiger partial charge on any atom is -0.493 e. The monoisotopic (exact) mass is 416 g/mol. The average Bonchev–Trinajstić information content (AvgIpc) is 3.28. The third kappa shape index (κ3) is 5.29. The number of hydrogen-bond donors (Lipinski definition) is 0. The molecular weight excluding hydrogens is 392 g/mol. The van der Waals surface area contributed by atoms with Crippen LogP contribution in [0.15, 0.2) is 77.3 Å². The Morgan fingerprint density at radius 1 is 0.839 bits per heavy atom. The molecule has 0 aliphatic rings. The average molecular weight is 416 g/mol. The molecule has 0 atom stereocenters. The Labute approximate surface area is 181 Å². The summed E-state index contributed by atoms with van der Waals surface area (Å²) in [7, 11) is 1.61. The van der Waals surface area contributed by atoms with Crippen molar-refractivity contribution in [2.45, 2.75) is 26.7 Å². The number of nitrogens with zero attached hydrogens (tertiary/aromatic N) is 2. The van der Waals surface area contributed by atoms with E-state index in [1.807, 2.05) is 60.7 Å². The van der Waals surface area contributed by atoms with Crippen molar-refractivity contribution in [1.29, 1.82) is 0 Å². The Morgan fingerprint density at radius 3 is 2.45 bits per heavy atom. The molecule has 0 unspecified atom stereocenters. The molecule has 0 amide bonds. The molecule has 4 rings (SSSR count). The van der Waals surface area contributed by atoms with Crippen LogP contribution in [0.3, 0.4) is 0 Å². The molecule has 6 heteroatoms. The summed E-state index contributed by atoms with van der Waals surface area (Å²) in [5.41, 5.74) is 4.19. The minimum atomic E-state index is 0.247. The molecule has 0 spiro atoms. The first-order valence-electron chi connectivity index (χ1n) is 10.0. The minimum absolute atomic E-state index is 0.247. The van der Waals surface area contributed by atoms with Crippen LogP contribution in [0.5, 0.6) is 11.5 Å². The van der Waals surface area contributed by atoms with Gasteiger partial charge in [-0.25, -0.2) is 0 Å². The van der Waals surface area contributed by atoms with Crippen LogP contribution in [0.25, 0.3) is 11.4 Å². The highest BCUT2D eigenvalue weighted by Gasteiger charge is 2.13. The van der Waals surface area contributed by atoms with Crippen LogP contribution in [-0.2, 0) is 24.6 Å². The molecule has 0 aliphatic heterocycles. The van der Waals surface area contributed by atoms with Gasteiger partial charge in [-0.15, -0.1) is 0 Å². The van der Waals surface area contributed by atoms with Gasteiger partial charge in [0.05, 0.1) is 13.7 Å². The van der Waals surface area contributed by atoms with E-state index >= 15 is 0 Å². The number of rotatable bonds is 9. The zero-order valence-electron chi connectivity index (χ0n) is 17.6. The van der Waals surface area contributed by atoms with Crippen LogP contribution in [0.1, 0.15) is 22.6 Å². The van der Waals surface area contributed by atoms with E-state index in [9.17, 15) is 0 Å². The van der Waals surface area contributed by atoms with Gasteiger partial charge in [0.25, 0.3) is 5.89 Å². The summed E-state index contributed by atoms with van der Waals surface area (Å²) in [5, 5.41) is 4.06. The molecule has 4 aromatic rings. The predicted octanol–water partition coefficient (Wildman–Crippen LogP) is 5.35. The number of ether oxygens (including phenoxy) is 3. The lowest BCUT2D eigenvalue weighted by Gasteiger charge is -2.12. The van der Waals surface area contributed by atoms with E-state index in [-0.39, 0.29) is 6.61 Å². The van der Waals surface area contributed by atoms with E-state index in [0.29, 0.717) is 36.4 Å². The standard InChI is InChI=1S/C25H24N2O4/c1-18-8-6-7-11-21(18)16-30-22-13-12-20(14-23(22)28-2)25-26-24(31-27-25)17-29-15-19-9-4-3-5-10-19/h3-14H,15-17H2,1-2H3. The molecule has 31 heavy (non-hydrogen) atoms. The third-order valence-electron chi connectivity index (χ3n) is 4.87. The fourth-order valence-electron chi connectivity index (χ4n) is 3.11. The van der Waals surface area contributed by atoms with Crippen LogP contribution in [0.2, 0.25) is 0 Å². The van der Waals surface area contributed by atoms with Crippen molar-refractivity contribution in [3.05, 3.63) is 95.4 Å². The van der Waals surface area contributed by atoms with Gasteiger partial charge in [0.15, 0.2) is 11.5 Å². The fraction of sp³-hybridized carbons (Fsp3) is 0.200. The normalized spacial score (nSPS) is 10.8. The van der Waals surface area contributed by atoms with E-state index in [1.165, 1.54) is 5.56 Å². The smallest absolute Gasteiger partial charge is 0.252 e. The molecule has 0 saturated carbocycles.